The number of sulfonamides is 1. The van der Waals surface area contributed by atoms with Crippen molar-refractivity contribution in [3.8, 4) is 0 Å². The minimum absolute atomic E-state index is 0.303. The molecule has 1 aromatic heterocycles. The van der Waals surface area contributed by atoms with E-state index in [-0.39, 0.29) is 0 Å². The number of nitrogens with one attached hydrogen (secondary N) is 1. The molecule has 1 aliphatic heterocycles. The summed E-state index contributed by atoms with van der Waals surface area (Å²) in [5.41, 5.74) is 0. The third-order valence-corrected chi connectivity index (χ3v) is 6.90. The minimum atomic E-state index is -3.35. The van der Waals surface area contributed by atoms with Crippen LogP contribution in [0.3, 0.4) is 0 Å². The van der Waals surface area contributed by atoms with Crippen LogP contribution >= 0.6 is 0 Å². The Morgan fingerprint density at radius 3 is 2.48 bits per heavy atom. The summed E-state index contributed by atoms with van der Waals surface area (Å²) in [5.74, 6) is 1.60. The molecular weight excluding hydrogens is 310 g/mol. The molecule has 1 saturated carbocycles. The fraction of sp³-hybridized carbons (Fsp3) is 0.706. The third-order valence-electron chi connectivity index (χ3n) is 5.02. The minimum Gasteiger partial charge on any atom is -0.370 e. The van der Waals surface area contributed by atoms with Crippen LogP contribution in [-0.2, 0) is 10.0 Å². The molecule has 23 heavy (non-hydrogen) atoms. The SMILES string of the molecule is O=S(=O)(c1ccc(NCCC2CCCCC2)nc1)N1CCCC1. The number of aromatic nitrogens is 1. The van der Waals surface area contributed by atoms with Crippen LogP contribution in [0.25, 0.3) is 0 Å². The Morgan fingerprint density at radius 2 is 1.83 bits per heavy atom. The second-order valence-corrected chi connectivity index (χ2v) is 8.65. The maximum absolute atomic E-state index is 12.4. The molecule has 2 fully saturated rings. The van der Waals surface area contributed by atoms with Gasteiger partial charge in [0.15, 0.2) is 0 Å². The second-order valence-electron chi connectivity index (χ2n) is 6.71. The smallest absolute Gasteiger partial charge is 0.244 e. The molecular formula is C17H27N3O2S. The van der Waals surface area contributed by atoms with E-state index in [1.54, 1.807) is 16.4 Å². The molecule has 5 nitrogen and oxygen atoms in total. The summed E-state index contributed by atoms with van der Waals surface area (Å²) in [7, 11) is -3.35. The Hall–Kier alpha value is -1.14. The predicted octanol–water partition coefficient (Wildman–Crippen LogP) is 3.25. The van der Waals surface area contributed by atoms with Gasteiger partial charge in [0.2, 0.25) is 10.0 Å². The number of anilines is 1. The van der Waals surface area contributed by atoms with Crippen LogP contribution in [0.2, 0.25) is 0 Å². The zero-order valence-electron chi connectivity index (χ0n) is 13.7. The topological polar surface area (TPSA) is 62.3 Å². The van der Waals surface area contributed by atoms with Gasteiger partial charge in [0.05, 0.1) is 0 Å². The van der Waals surface area contributed by atoms with Crippen LogP contribution in [0.4, 0.5) is 5.82 Å². The van der Waals surface area contributed by atoms with E-state index >= 15 is 0 Å². The van der Waals surface area contributed by atoms with E-state index in [0.29, 0.717) is 18.0 Å². The monoisotopic (exact) mass is 337 g/mol. The standard InChI is InChI=1S/C17H27N3O2S/c21-23(22,20-12-4-5-13-20)16-8-9-17(19-14-16)18-11-10-15-6-2-1-3-7-15/h8-9,14-15H,1-7,10-13H2,(H,18,19). The quantitative estimate of drug-likeness (QED) is 0.865. The Balaban J connectivity index is 1.52. The van der Waals surface area contributed by atoms with Crippen molar-refractivity contribution in [2.24, 2.45) is 5.92 Å². The average Bonchev–Trinajstić information content (AvgIpc) is 3.12. The molecule has 0 bridgehead atoms. The number of pyridine rings is 1. The lowest BCUT2D eigenvalue weighted by molar-refractivity contribution is 0.345. The summed E-state index contributed by atoms with van der Waals surface area (Å²) in [5, 5.41) is 3.32. The molecule has 2 aliphatic rings. The van der Waals surface area contributed by atoms with Gasteiger partial charge in [0, 0.05) is 25.8 Å². The Morgan fingerprint density at radius 1 is 1.09 bits per heavy atom. The summed E-state index contributed by atoms with van der Waals surface area (Å²) in [6.45, 7) is 2.17. The van der Waals surface area contributed by atoms with Crippen molar-refractivity contribution in [2.45, 2.75) is 56.3 Å². The molecule has 1 N–H and O–H groups in total. The lowest BCUT2D eigenvalue weighted by atomic mass is 9.87. The first-order valence-corrected chi connectivity index (χ1v) is 10.3. The molecule has 0 atom stereocenters. The molecule has 0 aromatic carbocycles. The van der Waals surface area contributed by atoms with Crippen molar-refractivity contribution in [3.05, 3.63) is 18.3 Å². The molecule has 0 radical (unpaired) electrons. The van der Waals surface area contributed by atoms with Gasteiger partial charge in [-0.3, -0.25) is 0 Å². The zero-order chi connectivity index (χ0) is 16.1. The molecule has 2 heterocycles. The first-order chi connectivity index (χ1) is 11.2. The van der Waals surface area contributed by atoms with E-state index in [2.05, 4.69) is 10.3 Å². The first kappa shape index (κ1) is 16.7. The highest BCUT2D eigenvalue weighted by Gasteiger charge is 2.27. The Bertz CT molecular complexity index is 589. The predicted molar refractivity (Wildman–Crippen MR) is 91.9 cm³/mol. The Kier molecular flexibility index (Phi) is 5.54. The number of hydrogen-bond donors (Lipinski definition) is 1. The van der Waals surface area contributed by atoms with E-state index in [1.165, 1.54) is 44.7 Å². The molecule has 1 saturated heterocycles. The van der Waals surface area contributed by atoms with Gasteiger partial charge in [-0.2, -0.15) is 4.31 Å². The van der Waals surface area contributed by atoms with Crippen LogP contribution in [0.5, 0.6) is 0 Å². The Labute approximate surface area is 139 Å². The van der Waals surface area contributed by atoms with Crippen molar-refractivity contribution in [3.63, 3.8) is 0 Å². The maximum Gasteiger partial charge on any atom is 0.244 e. The molecule has 0 amide bonds. The van der Waals surface area contributed by atoms with Gasteiger partial charge in [0.25, 0.3) is 0 Å². The molecule has 1 aliphatic carbocycles. The van der Waals surface area contributed by atoms with E-state index in [1.807, 2.05) is 0 Å². The normalized spacial score (nSPS) is 20.7. The highest BCUT2D eigenvalue weighted by molar-refractivity contribution is 7.89. The van der Waals surface area contributed by atoms with Crippen molar-refractivity contribution in [1.82, 2.24) is 9.29 Å². The summed E-state index contributed by atoms with van der Waals surface area (Å²) in [6.07, 6.45) is 11.4. The fourth-order valence-corrected chi connectivity index (χ4v) is 5.06. The summed E-state index contributed by atoms with van der Waals surface area (Å²) < 4.78 is 26.4. The van der Waals surface area contributed by atoms with E-state index in [0.717, 1.165) is 31.1 Å². The second kappa shape index (κ2) is 7.62. The molecule has 0 unspecified atom stereocenters. The van der Waals surface area contributed by atoms with Crippen LogP contribution in [-0.4, -0.2) is 37.3 Å². The van der Waals surface area contributed by atoms with Gasteiger partial charge >= 0.3 is 0 Å². The zero-order valence-corrected chi connectivity index (χ0v) is 14.5. The highest BCUT2D eigenvalue weighted by atomic mass is 32.2. The maximum atomic E-state index is 12.4. The lowest BCUT2D eigenvalue weighted by Crippen LogP contribution is -2.27. The van der Waals surface area contributed by atoms with Gasteiger partial charge < -0.3 is 5.32 Å². The molecule has 128 valence electrons. The van der Waals surface area contributed by atoms with Gasteiger partial charge in [-0.1, -0.05) is 32.1 Å². The highest BCUT2D eigenvalue weighted by Crippen LogP contribution is 2.26. The van der Waals surface area contributed by atoms with Crippen molar-refractivity contribution >= 4 is 15.8 Å². The van der Waals surface area contributed by atoms with Crippen LogP contribution in [0, 0.1) is 5.92 Å². The van der Waals surface area contributed by atoms with E-state index in [4.69, 9.17) is 0 Å². The summed E-state index contributed by atoms with van der Waals surface area (Å²) >= 11 is 0. The molecule has 0 spiro atoms. The largest absolute Gasteiger partial charge is 0.370 e. The van der Waals surface area contributed by atoms with Crippen LogP contribution < -0.4 is 5.32 Å². The van der Waals surface area contributed by atoms with Gasteiger partial charge in [0.1, 0.15) is 10.7 Å². The van der Waals surface area contributed by atoms with Crippen molar-refractivity contribution in [1.29, 1.82) is 0 Å². The lowest BCUT2D eigenvalue weighted by Gasteiger charge is -2.21. The third kappa shape index (κ3) is 4.23. The summed E-state index contributed by atoms with van der Waals surface area (Å²) in [6, 6.07) is 3.45. The number of rotatable bonds is 6. The molecule has 1 aromatic rings. The van der Waals surface area contributed by atoms with Crippen LogP contribution in [0.15, 0.2) is 23.2 Å². The summed E-state index contributed by atoms with van der Waals surface area (Å²) in [4.78, 5) is 4.59. The number of hydrogen-bond acceptors (Lipinski definition) is 4. The van der Waals surface area contributed by atoms with Crippen molar-refractivity contribution < 1.29 is 8.42 Å². The molecule has 3 rings (SSSR count). The first-order valence-electron chi connectivity index (χ1n) is 8.86. The van der Waals surface area contributed by atoms with Gasteiger partial charge in [-0.05, 0) is 37.3 Å². The number of nitrogens with zero attached hydrogens (tertiary/aromatic N) is 2. The van der Waals surface area contributed by atoms with E-state index < -0.39 is 10.0 Å². The van der Waals surface area contributed by atoms with Crippen LogP contribution in [0.1, 0.15) is 51.4 Å². The fourth-order valence-electron chi connectivity index (χ4n) is 3.60. The van der Waals surface area contributed by atoms with Gasteiger partial charge in [-0.25, -0.2) is 13.4 Å². The van der Waals surface area contributed by atoms with Crippen molar-refractivity contribution in [2.75, 3.05) is 25.0 Å². The average molecular weight is 337 g/mol. The van der Waals surface area contributed by atoms with E-state index in [9.17, 15) is 8.42 Å². The van der Waals surface area contributed by atoms with Gasteiger partial charge in [-0.15, -0.1) is 0 Å². The molecule has 6 heteroatoms.